The number of carbonyl (C=O) groups excluding carboxylic acids is 3. The highest BCUT2D eigenvalue weighted by molar-refractivity contribution is 5.73. The topological polar surface area (TPSA) is 119 Å². The zero-order chi connectivity index (χ0) is 64.3. The molecule has 6 atom stereocenters. The molecule has 2 rings (SSSR count). The fraction of sp³-hybridized carbons (Fsp3) is 0.957. The van der Waals surface area contributed by atoms with Crippen molar-refractivity contribution in [1.29, 1.82) is 0 Å². The molecule has 87 heavy (non-hydrogen) atoms. The molecule has 2 saturated carbocycles. The summed E-state index contributed by atoms with van der Waals surface area (Å²) in [5, 5.41) is 0. The second-order valence-corrected chi connectivity index (χ2v) is 27.0. The fourth-order valence-electron chi connectivity index (χ4n) is 14.2. The van der Waals surface area contributed by atoms with E-state index in [0.29, 0.717) is 70.8 Å². The van der Waals surface area contributed by atoms with Gasteiger partial charge in [-0.25, -0.2) is 0 Å². The molecular weight excluding hydrogens is 1130 g/mol. The van der Waals surface area contributed by atoms with E-state index in [4.69, 9.17) is 33.2 Å². The van der Waals surface area contributed by atoms with Gasteiger partial charge in [-0.05, 0) is 145 Å². The van der Waals surface area contributed by atoms with Crippen LogP contribution in [0.25, 0.3) is 0 Å². The minimum atomic E-state index is -4.88. The molecule has 2 aliphatic carbocycles. The summed E-state index contributed by atoms with van der Waals surface area (Å²) in [6, 6.07) is 0. The van der Waals surface area contributed by atoms with E-state index in [1.54, 1.807) is 0 Å². The van der Waals surface area contributed by atoms with Gasteiger partial charge >= 0.3 is 30.3 Å². The average Bonchev–Trinajstić information content (AvgIpc) is 0.854. The number of nitrogens with zero attached hydrogens (tertiary/aromatic N) is 1. The van der Waals surface area contributed by atoms with E-state index in [2.05, 4.69) is 60.3 Å². The zero-order valence-electron chi connectivity index (χ0n) is 56.3. The van der Waals surface area contributed by atoms with Gasteiger partial charge in [0.1, 0.15) is 0 Å². The van der Waals surface area contributed by atoms with Crippen LogP contribution in [-0.2, 0) is 47.5 Å². The molecule has 0 saturated heterocycles. The Bertz CT molecular complexity index is 1700. The highest BCUT2D eigenvalue weighted by Crippen LogP contribution is 2.64. The Labute approximate surface area is 525 Å². The Morgan fingerprint density at radius 2 is 0.759 bits per heavy atom. The number of alkyl halides is 6. The third-order valence-electron chi connectivity index (χ3n) is 18.5. The molecule has 2 fully saturated rings. The molecule has 0 N–H and O–H groups in total. The van der Waals surface area contributed by atoms with Crippen LogP contribution in [0.3, 0.4) is 0 Å². The molecule has 6 unspecified atom stereocenters. The first-order chi connectivity index (χ1) is 41.6. The largest absolute Gasteiger partial charge is 0.466 e. The van der Waals surface area contributed by atoms with Crippen molar-refractivity contribution in [2.45, 2.75) is 331 Å². The lowest BCUT2D eigenvalue weighted by Gasteiger charge is -2.58. The summed E-state index contributed by atoms with van der Waals surface area (Å²) in [6.45, 7) is 20.8. The second kappa shape index (κ2) is 46.8. The molecule has 0 radical (unpaired) electrons. The Balaban J connectivity index is 2.23. The van der Waals surface area contributed by atoms with Crippen LogP contribution in [0.5, 0.6) is 0 Å². The van der Waals surface area contributed by atoms with Crippen LogP contribution in [-0.4, -0.2) is 114 Å². The van der Waals surface area contributed by atoms with Crippen molar-refractivity contribution in [3.63, 3.8) is 0 Å². The lowest BCUT2D eigenvalue weighted by Crippen LogP contribution is -2.47. The first kappa shape index (κ1) is 80.9. The average molecular weight is 1260 g/mol. The Morgan fingerprint density at radius 3 is 1.10 bits per heavy atom. The van der Waals surface area contributed by atoms with Gasteiger partial charge in [-0.1, -0.05) is 184 Å². The predicted molar refractivity (Wildman–Crippen MR) is 336 cm³/mol. The maximum Gasteiger partial charge on any atom is 0.402 e. The number of ether oxygens (including phenoxy) is 7. The van der Waals surface area contributed by atoms with Crippen LogP contribution in [0.4, 0.5) is 26.3 Å². The monoisotopic (exact) mass is 1260 g/mol. The van der Waals surface area contributed by atoms with E-state index >= 15 is 0 Å². The van der Waals surface area contributed by atoms with Crippen LogP contribution in [0.1, 0.15) is 306 Å². The summed E-state index contributed by atoms with van der Waals surface area (Å²) in [6.07, 6.45) is 19.0. The first-order valence-corrected chi connectivity index (χ1v) is 35.4. The maximum absolute atomic E-state index is 14.8. The van der Waals surface area contributed by atoms with Gasteiger partial charge in [0.05, 0.1) is 19.8 Å². The number of fused-ring (bicyclic) bond motifs is 2. The van der Waals surface area contributed by atoms with E-state index < -0.39 is 61.5 Å². The van der Waals surface area contributed by atoms with Gasteiger partial charge in [0.15, 0.2) is 24.4 Å². The quantitative estimate of drug-likeness (QED) is 0.0190. The normalized spacial score (nSPS) is 20.6. The van der Waals surface area contributed by atoms with E-state index in [1.807, 2.05) is 0 Å². The number of rotatable bonds is 56. The molecule has 0 aromatic heterocycles. The molecule has 17 heteroatoms. The molecule has 0 aromatic carbocycles. The Kier molecular flexibility index (Phi) is 43.5. The van der Waals surface area contributed by atoms with E-state index in [0.717, 1.165) is 193 Å². The van der Waals surface area contributed by atoms with E-state index in [9.17, 15) is 40.7 Å². The zero-order valence-corrected chi connectivity index (χ0v) is 56.3. The summed E-state index contributed by atoms with van der Waals surface area (Å²) in [5.41, 5.74) is -0.688. The molecule has 2 aliphatic rings. The SMILES string of the molecule is CCCCCCCCOC(CC(C(=O)OCCCC1(C)CC2CC(C)(CCCOC(=O)CCCN(CC)CC)CC(CCCOC(=O)C(CC(OCCCCCCCC)OCCCCCCCC)C(F)(F)F)(C2)C1)C(F)(F)F)OCCCCCCCC. The maximum atomic E-state index is 14.8. The summed E-state index contributed by atoms with van der Waals surface area (Å²) in [5.74, 6) is -7.42. The number of hydrogen-bond acceptors (Lipinski definition) is 11. The van der Waals surface area contributed by atoms with Crippen molar-refractivity contribution in [2.75, 3.05) is 65.9 Å². The van der Waals surface area contributed by atoms with Crippen LogP contribution < -0.4 is 0 Å². The van der Waals surface area contributed by atoms with Crippen molar-refractivity contribution < 1.29 is 73.9 Å². The highest BCUT2D eigenvalue weighted by Gasteiger charge is 2.54. The number of halogens is 6. The molecule has 514 valence electrons. The van der Waals surface area contributed by atoms with E-state index in [1.165, 1.54) is 0 Å². The van der Waals surface area contributed by atoms with Crippen LogP contribution in [0.2, 0.25) is 0 Å². The lowest BCUT2D eigenvalue weighted by molar-refractivity contribution is -0.223. The number of hydrogen-bond donors (Lipinski definition) is 0. The molecule has 0 amide bonds. The number of unbranched alkanes of at least 4 members (excludes halogenated alkanes) is 20. The van der Waals surface area contributed by atoms with E-state index in [-0.39, 0.29) is 67.8 Å². The van der Waals surface area contributed by atoms with Crippen LogP contribution in [0.15, 0.2) is 0 Å². The van der Waals surface area contributed by atoms with Gasteiger partial charge in [-0.3, -0.25) is 14.4 Å². The molecular formula is C70H127F6NO10. The van der Waals surface area contributed by atoms with Gasteiger partial charge in [-0.2, -0.15) is 26.3 Å². The molecule has 0 heterocycles. The van der Waals surface area contributed by atoms with Gasteiger partial charge in [0.2, 0.25) is 0 Å². The molecule has 2 bridgehead atoms. The van der Waals surface area contributed by atoms with Crippen molar-refractivity contribution in [3.05, 3.63) is 0 Å². The van der Waals surface area contributed by atoms with Crippen molar-refractivity contribution in [3.8, 4) is 0 Å². The number of carbonyl (C=O) groups is 3. The van der Waals surface area contributed by atoms with Gasteiger partial charge in [0.25, 0.3) is 0 Å². The third-order valence-corrected chi connectivity index (χ3v) is 18.5. The summed E-state index contributed by atoms with van der Waals surface area (Å²) in [7, 11) is 0. The molecule has 11 nitrogen and oxygen atoms in total. The summed E-state index contributed by atoms with van der Waals surface area (Å²) in [4.78, 5) is 42.0. The minimum absolute atomic E-state index is 0.131. The Morgan fingerprint density at radius 1 is 0.425 bits per heavy atom. The van der Waals surface area contributed by atoms with Crippen LogP contribution in [0, 0.1) is 34.0 Å². The predicted octanol–water partition coefficient (Wildman–Crippen LogP) is 20.0. The van der Waals surface area contributed by atoms with Crippen LogP contribution >= 0.6 is 0 Å². The minimum Gasteiger partial charge on any atom is -0.466 e. The molecule has 0 aliphatic heterocycles. The molecule has 0 aromatic rings. The highest BCUT2D eigenvalue weighted by atomic mass is 19.4. The van der Waals surface area contributed by atoms with Gasteiger partial charge < -0.3 is 38.1 Å². The third kappa shape index (κ3) is 37.2. The van der Waals surface area contributed by atoms with Crippen molar-refractivity contribution in [1.82, 2.24) is 4.90 Å². The fourth-order valence-corrected chi connectivity index (χ4v) is 14.2. The second-order valence-electron chi connectivity index (χ2n) is 27.0. The summed E-state index contributed by atoms with van der Waals surface area (Å²) >= 11 is 0. The lowest BCUT2D eigenvalue weighted by atomic mass is 9.47. The van der Waals surface area contributed by atoms with Crippen molar-refractivity contribution in [2.24, 2.45) is 34.0 Å². The smallest absolute Gasteiger partial charge is 0.402 e. The first-order valence-electron chi connectivity index (χ1n) is 35.4. The Hall–Kier alpha value is -2.21. The summed E-state index contributed by atoms with van der Waals surface area (Å²) < 4.78 is 129. The standard InChI is InChI=1S/C70H127F6NO10/c1-9-15-19-23-27-31-44-82-62(83-45-32-28-24-20-16-10-2)51-59(69(71,72)73)64(79)86-49-37-41-67(8)54-58-53-66(7,40-36-48-81-61(78)39-35-43-77(13-5)14-6)56-68(55-58,57-67)42-38-50-87-65(80)60(70(74,75)76)52-63(84-46-33-29-25-21-17-11-3)85-47-34-30-26-22-18-12-4/h58-60,62-63H,9-57H2,1-8H3. The molecule has 0 spiro atoms. The van der Waals surface area contributed by atoms with Gasteiger partial charge in [0, 0.05) is 45.7 Å². The number of esters is 3. The van der Waals surface area contributed by atoms with Crippen molar-refractivity contribution >= 4 is 17.9 Å². The van der Waals surface area contributed by atoms with Gasteiger partial charge in [-0.15, -0.1) is 0 Å².